The Bertz CT molecular complexity index is 1120. The Hall–Kier alpha value is -3.22. The fourth-order valence-electron chi connectivity index (χ4n) is 5.57. The fraction of sp³-hybridized carbons (Fsp3) is 0.357. The van der Waals surface area contributed by atoms with Crippen LogP contribution in [-0.2, 0) is 0 Å². The Balaban J connectivity index is 1.40. The van der Waals surface area contributed by atoms with Gasteiger partial charge in [-0.2, -0.15) is 0 Å². The number of aliphatic hydroxyl groups is 1. The van der Waals surface area contributed by atoms with Crippen molar-refractivity contribution in [1.82, 2.24) is 14.8 Å². The van der Waals surface area contributed by atoms with Crippen LogP contribution in [-0.4, -0.2) is 71.2 Å². The molecule has 2 fully saturated rings. The van der Waals surface area contributed by atoms with Crippen LogP contribution in [0.3, 0.4) is 0 Å². The number of hydrogen-bond acceptors (Lipinski definition) is 5. The first kappa shape index (κ1) is 22.6. The number of para-hydroxylation sites is 1. The van der Waals surface area contributed by atoms with Crippen LogP contribution >= 0.6 is 0 Å². The molecule has 0 saturated carbocycles. The molecule has 6 heteroatoms. The number of rotatable bonds is 5. The number of benzene rings is 2. The first-order valence-electron chi connectivity index (χ1n) is 12.0. The Morgan fingerprint density at radius 1 is 1.03 bits per heavy atom. The smallest absolute Gasteiger partial charge is 0.254 e. The van der Waals surface area contributed by atoms with Crippen molar-refractivity contribution in [2.75, 3.05) is 33.4 Å². The summed E-state index contributed by atoms with van der Waals surface area (Å²) in [5.41, 5.74) is 4.05. The van der Waals surface area contributed by atoms with Gasteiger partial charge in [0.2, 0.25) is 0 Å². The van der Waals surface area contributed by atoms with Crippen LogP contribution in [0.5, 0.6) is 5.75 Å². The molecule has 0 unspecified atom stereocenters. The molecule has 2 aliphatic rings. The van der Waals surface area contributed by atoms with E-state index in [1.165, 1.54) is 5.56 Å². The molecular formula is C28H31N3O3. The van der Waals surface area contributed by atoms with Crippen LogP contribution in [0.4, 0.5) is 0 Å². The molecule has 1 amide bonds. The van der Waals surface area contributed by atoms with Gasteiger partial charge in [0, 0.05) is 54.6 Å². The summed E-state index contributed by atoms with van der Waals surface area (Å²) >= 11 is 0. The molecular weight excluding hydrogens is 426 g/mol. The molecule has 3 heterocycles. The van der Waals surface area contributed by atoms with Gasteiger partial charge in [0.05, 0.1) is 13.7 Å². The molecule has 34 heavy (non-hydrogen) atoms. The predicted molar refractivity (Wildman–Crippen MR) is 132 cm³/mol. The minimum atomic E-state index is 0.0574. The van der Waals surface area contributed by atoms with Crippen molar-refractivity contribution in [3.8, 4) is 16.9 Å². The van der Waals surface area contributed by atoms with E-state index >= 15 is 0 Å². The number of nitrogens with zero attached hydrogens (tertiary/aromatic N) is 3. The fourth-order valence-corrected chi connectivity index (χ4v) is 5.57. The summed E-state index contributed by atoms with van der Waals surface area (Å²) < 4.78 is 5.53. The van der Waals surface area contributed by atoms with Gasteiger partial charge in [-0.3, -0.25) is 14.7 Å². The first-order valence-corrected chi connectivity index (χ1v) is 12.0. The van der Waals surface area contributed by atoms with Gasteiger partial charge in [-0.1, -0.05) is 42.5 Å². The van der Waals surface area contributed by atoms with E-state index in [1.54, 1.807) is 31.6 Å². The molecule has 1 aromatic heterocycles. The van der Waals surface area contributed by atoms with Gasteiger partial charge < -0.3 is 14.7 Å². The zero-order valence-corrected chi connectivity index (χ0v) is 19.5. The van der Waals surface area contributed by atoms with Crippen LogP contribution in [0.15, 0.2) is 73.1 Å². The number of fused-ring (bicyclic) bond motifs is 1. The molecule has 5 rings (SSSR count). The molecule has 6 nitrogen and oxygen atoms in total. The molecule has 0 radical (unpaired) electrons. The molecule has 0 aliphatic carbocycles. The number of carbonyl (C=O) groups is 1. The zero-order chi connectivity index (χ0) is 23.5. The maximum atomic E-state index is 13.2. The third kappa shape index (κ3) is 4.19. The summed E-state index contributed by atoms with van der Waals surface area (Å²) in [6.45, 7) is 2.50. The number of pyridine rings is 1. The zero-order valence-electron chi connectivity index (χ0n) is 19.5. The SMILES string of the molecule is COc1ccccc1-c1ccc([C@H]2[C@@H](CO)N3CCCCN(C(=O)c4ccncc4)C[C@H]23)cc1. The van der Waals surface area contributed by atoms with Crippen molar-refractivity contribution in [3.05, 3.63) is 84.2 Å². The van der Waals surface area contributed by atoms with E-state index in [9.17, 15) is 9.90 Å². The average molecular weight is 458 g/mol. The Morgan fingerprint density at radius 3 is 2.50 bits per heavy atom. The predicted octanol–water partition coefficient (Wildman–Crippen LogP) is 3.82. The number of carbonyl (C=O) groups excluding carboxylic acids is 1. The highest BCUT2D eigenvalue weighted by Gasteiger charge is 2.49. The number of amides is 1. The van der Waals surface area contributed by atoms with Gasteiger partial charge in [-0.25, -0.2) is 0 Å². The number of ether oxygens (including phenoxy) is 1. The van der Waals surface area contributed by atoms with Gasteiger partial charge in [-0.05, 0) is 48.7 Å². The molecule has 2 saturated heterocycles. The number of aromatic nitrogens is 1. The van der Waals surface area contributed by atoms with E-state index in [2.05, 4.69) is 40.2 Å². The van der Waals surface area contributed by atoms with E-state index in [4.69, 9.17) is 4.74 Å². The van der Waals surface area contributed by atoms with E-state index in [0.29, 0.717) is 12.1 Å². The lowest BCUT2D eigenvalue weighted by molar-refractivity contribution is -0.0606. The summed E-state index contributed by atoms with van der Waals surface area (Å²) in [5.74, 6) is 1.09. The second-order valence-electron chi connectivity index (χ2n) is 9.10. The van der Waals surface area contributed by atoms with Crippen LogP contribution in [0.2, 0.25) is 0 Å². The van der Waals surface area contributed by atoms with Crippen LogP contribution in [0.1, 0.15) is 34.7 Å². The third-order valence-corrected chi connectivity index (χ3v) is 7.30. The van der Waals surface area contributed by atoms with Gasteiger partial charge in [-0.15, -0.1) is 0 Å². The minimum Gasteiger partial charge on any atom is -0.496 e. The van der Waals surface area contributed by atoms with Crippen molar-refractivity contribution in [1.29, 1.82) is 0 Å². The van der Waals surface area contributed by atoms with Gasteiger partial charge in [0.1, 0.15) is 5.75 Å². The maximum Gasteiger partial charge on any atom is 0.254 e. The van der Waals surface area contributed by atoms with Crippen molar-refractivity contribution in [2.45, 2.75) is 30.8 Å². The van der Waals surface area contributed by atoms with Gasteiger partial charge in [0.15, 0.2) is 0 Å². The molecule has 1 N–H and O–H groups in total. The number of hydrogen-bond donors (Lipinski definition) is 1. The molecule has 176 valence electrons. The summed E-state index contributed by atoms with van der Waals surface area (Å²) in [6, 6.07) is 20.5. The van der Waals surface area contributed by atoms with E-state index in [1.807, 2.05) is 23.1 Å². The van der Waals surface area contributed by atoms with E-state index < -0.39 is 0 Å². The van der Waals surface area contributed by atoms with E-state index in [0.717, 1.165) is 42.8 Å². The van der Waals surface area contributed by atoms with Crippen molar-refractivity contribution >= 4 is 5.91 Å². The Labute approximate surface area is 200 Å². The maximum absolute atomic E-state index is 13.2. The summed E-state index contributed by atoms with van der Waals surface area (Å²) in [6.07, 6.45) is 5.32. The molecule has 0 bridgehead atoms. The Kier molecular flexibility index (Phi) is 6.61. The minimum absolute atomic E-state index is 0.0574. The molecule has 0 spiro atoms. The monoisotopic (exact) mass is 457 g/mol. The Morgan fingerprint density at radius 2 is 1.76 bits per heavy atom. The number of methoxy groups -OCH3 is 1. The number of aliphatic hydroxyl groups excluding tert-OH is 1. The van der Waals surface area contributed by atoms with Gasteiger partial charge >= 0.3 is 0 Å². The van der Waals surface area contributed by atoms with Crippen molar-refractivity contribution in [2.24, 2.45) is 0 Å². The molecule has 2 aromatic carbocycles. The topological polar surface area (TPSA) is 65.9 Å². The van der Waals surface area contributed by atoms with Gasteiger partial charge in [0.25, 0.3) is 5.91 Å². The standard InChI is InChI=1S/C28H31N3O3/c1-34-26-7-3-2-6-23(26)20-8-10-21(11-9-20)27-24-18-30(28(33)22-12-14-29-15-13-22)16-4-5-17-31(24)25(27)19-32/h2-3,6-15,24-25,27,32H,4-5,16-19H2,1H3/t24-,25-,27-/m1/s1. The third-order valence-electron chi connectivity index (χ3n) is 7.30. The molecule has 3 aromatic rings. The van der Waals surface area contributed by atoms with E-state index in [-0.39, 0.29) is 30.5 Å². The normalized spacial score (nSPS) is 22.8. The largest absolute Gasteiger partial charge is 0.496 e. The van der Waals surface area contributed by atoms with Crippen molar-refractivity contribution < 1.29 is 14.6 Å². The lowest BCUT2D eigenvalue weighted by atomic mass is 9.74. The lowest BCUT2D eigenvalue weighted by Crippen LogP contribution is -2.67. The lowest BCUT2D eigenvalue weighted by Gasteiger charge is -2.57. The highest BCUT2D eigenvalue weighted by molar-refractivity contribution is 5.94. The van der Waals surface area contributed by atoms with Crippen molar-refractivity contribution in [3.63, 3.8) is 0 Å². The van der Waals surface area contributed by atoms with Crippen LogP contribution < -0.4 is 4.74 Å². The van der Waals surface area contributed by atoms with Crippen LogP contribution in [0.25, 0.3) is 11.1 Å². The summed E-state index contributed by atoms with van der Waals surface area (Å²) in [7, 11) is 1.69. The second kappa shape index (κ2) is 9.95. The highest BCUT2D eigenvalue weighted by atomic mass is 16.5. The molecule has 2 aliphatic heterocycles. The quantitative estimate of drug-likeness (QED) is 0.631. The summed E-state index contributed by atoms with van der Waals surface area (Å²) in [5, 5.41) is 10.2. The summed E-state index contributed by atoms with van der Waals surface area (Å²) in [4.78, 5) is 21.6. The molecule has 3 atom stereocenters. The first-order chi connectivity index (χ1) is 16.7. The highest BCUT2D eigenvalue weighted by Crippen LogP contribution is 2.42. The second-order valence-corrected chi connectivity index (χ2v) is 9.10. The van der Waals surface area contributed by atoms with Crippen LogP contribution in [0, 0.1) is 0 Å². The average Bonchev–Trinajstić information content (AvgIpc) is 2.88.